The maximum Gasteiger partial charge on any atom is 0.161 e. The lowest BCUT2D eigenvalue weighted by Gasteiger charge is -2.19. The minimum absolute atomic E-state index is 0.145. The number of pyridine rings is 1. The van der Waals surface area contributed by atoms with Gasteiger partial charge in [0.2, 0.25) is 0 Å². The van der Waals surface area contributed by atoms with Gasteiger partial charge in [0.1, 0.15) is 0 Å². The van der Waals surface area contributed by atoms with Gasteiger partial charge in [-0.25, -0.2) is 5.43 Å². The quantitative estimate of drug-likeness (QED) is 0.604. The number of nitrogens with one attached hydrogen (secondary N) is 1. The topological polar surface area (TPSA) is 69.4 Å². The van der Waals surface area contributed by atoms with E-state index < -0.39 is 0 Å². The van der Waals surface area contributed by atoms with Crippen LogP contribution in [-0.4, -0.2) is 18.2 Å². The van der Waals surface area contributed by atoms with Gasteiger partial charge in [-0.2, -0.15) is 0 Å². The summed E-state index contributed by atoms with van der Waals surface area (Å²) in [4.78, 5) is 4.13. The molecule has 5 nitrogen and oxygen atoms in total. The summed E-state index contributed by atoms with van der Waals surface area (Å²) in [5.41, 5.74) is 4.81. The van der Waals surface area contributed by atoms with Crippen LogP contribution in [-0.2, 0) is 0 Å². The smallest absolute Gasteiger partial charge is 0.161 e. The van der Waals surface area contributed by atoms with Gasteiger partial charge in [0.25, 0.3) is 0 Å². The van der Waals surface area contributed by atoms with E-state index in [0.29, 0.717) is 13.2 Å². The van der Waals surface area contributed by atoms with Crippen molar-refractivity contribution >= 4 is 0 Å². The fraction of sp³-hybridized carbons (Fsp3) is 0.312. The van der Waals surface area contributed by atoms with Crippen LogP contribution in [0.3, 0.4) is 0 Å². The van der Waals surface area contributed by atoms with Crippen LogP contribution in [0.25, 0.3) is 0 Å². The molecule has 0 saturated heterocycles. The first-order chi connectivity index (χ1) is 10.3. The molecule has 0 aliphatic carbocycles. The molecule has 0 radical (unpaired) electrons. The van der Waals surface area contributed by atoms with Gasteiger partial charge in [0, 0.05) is 12.4 Å². The number of hydrogen-bond acceptors (Lipinski definition) is 5. The zero-order valence-corrected chi connectivity index (χ0v) is 12.4. The van der Waals surface area contributed by atoms with Gasteiger partial charge in [0.15, 0.2) is 11.5 Å². The Bertz CT molecular complexity index is 561. The van der Waals surface area contributed by atoms with Crippen molar-refractivity contribution in [1.29, 1.82) is 0 Å². The van der Waals surface area contributed by atoms with Crippen molar-refractivity contribution in [2.45, 2.75) is 19.9 Å². The van der Waals surface area contributed by atoms with Gasteiger partial charge >= 0.3 is 0 Å². The molecule has 2 aromatic rings. The summed E-state index contributed by atoms with van der Waals surface area (Å²) in [6, 6.07) is 9.56. The Morgan fingerprint density at radius 2 is 1.86 bits per heavy atom. The van der Waals surface area contributed by atoms with E-state index in [2.05, 4.69) is 10.4 Å². The van der Waals surface area contributed by atoms with Crippen LogP contribution >= 0.6 is 0 Å². The number of hydrogen-bond donors (Lipinski definition) is 2. The van der Waals surface area contributed by atoms with E-state index in [1.807, 2.05) is 44.2 Å². The third-order valence-electron chi connectivity index (χ3n) is 3.09. The standard InChI is InChI=1S/C16H21N3O2/c1-3-20-14-8-7-12(10-15(14)21-4-2)16(19-17)13-6-5-9-18-11-13/h5-11,16,19H,3-4,17H2,1-2H3. The van der Waals surface area contributed by atoms with Gasteiger partial charge in [-0.3, -0.25) is 10.8 Å². The number of benzene rings is 1. The molecule has 3 N–H and O–H groups in total. The average molecular weight is 287 g/mol. The van der Waals surface area contributed by atoms with Gasteiger partial charge in [-0.1, -0.05) is 12.1 Å². The summed E-state index contributed by atoms with van der Waals surface area (Å²) >= 11 is 0. The monoisotopic (exact) mass is 287 g/mol. The van der Waals surface area contributed by atoms with Gasteiger partial charge in [-0.05, 0) is 43.2 Å². The third kappa shape index (κ3) is 3.71. The highest BCUT2D eigenvalue weighted by Gasteiger charge is 2.15. The summed E-state index contributed by atoms with van der Waals surface area (Å²) < 4.78 is 11.2. The Kier molecular flexibility index (Phi) is 5.54. The molecule has 1 atom stereocenters. The van der Waals surface area contributed by atoms with E-state index in [1.165, 1.54) is 0 Å². The molecular formula is C16H21N3O2. The van der Waals surface area contributed by atoms with Crippen LogP contribution in [0.15, 0.2) is 42.7 Å². The maximum absolute atomic E-state index is 5.71. The molecule has 0 aliphatic rings. The number of rotatable bonds is 7. The number of ether oxygens (including phenoxy) is 2. The molecule has 0 bridgehead atoms. The zero-order valence-electron chi connectivity index (χ0n) is 12.4. The number of nitrogens with zero attached hydrogens (tertiary/aromatic N) is 1. The fourth-order valence-electron chi connectivity index (χ4n) is 2.18. The van der Waals surface area contributed by atoms with E-state index in [9.17, 15) is 0 Å². The van der Waals surface area contributed by atoms with Crippen molar-refractivity contribution in [3.8, 4) is 11.5 Å². The van der Waals surface area contributed by atoms with Crippen LogP contribution in [0, 0.1) is 0 Å². The number of hydrazine groups is 1. The molecule has 21 heavy (non-hydrogen) atoms. The minimum atomic E-state index is -0.145. The van der Waals surface area contributed by atoms with Crippen LogP contribution < -0.4 is 20.7 Å². The average Bonchev–Trinajstić information content (AvgIpc) is 2.52. The van der Waals surface area contributed by atoms with Crippen molar-refractivity contribution in [2.24, 2.45) is 5.84 Å². The Balaban J connectivity index is 2.35. The molecular weight excluding hydrogens is 266 g/mol. The predicted octanol–water partition coefficient (Wildman–Crippen LogP) is 2.43. The van der Waals surface area contributed by atoms with Gasteiger partial charge in [-0.15, -0.1) is 0 Å². The van der Waals surface area contributed by atoms with Crippen molar-refractivity contribution in [3.05, 3.63) is 53.9 Å². The Morgan fingerprint density at radius 3 is 2.48 bits per heavy atom. The normalized spacial score (nSPS) is 12.0. The second kappa shape index (κ2) is 7.61. The van der Waals surface area contributed by atoms with E-state index in [4.69, 9.17) is 15.3 Å². The lowest BCUT2D eigenvalue weighted by molar-refractivity contribution is 0.287. The van der Waals surface area contributed by atoms with Crippen LogP contribution in [0.2, 0.25) is 0 Å². The Labute approximate surface area is 125 Å². The Morgan fingerprint density at radius 1 is 1.10 bits per heavy atom. The summed E-state index contributed by atoms with van der Waals surface area (Å²) in [5, 5.41) is 0. The predicted molar refractivity (Wildman–Crippen MR) is 82.2 cm³/mol. The zero-order chi connectivity index (χ0) is 15.1. The molecule has 0 saturated carbocycles. The molecule has 1 unspecified atom stereocenters. The molecule has 0 aliphatic heterocycles. The summed E-state index contributed by atoms with van der Waals surface area (Å²) in [6.07, 6.45) is 3.53. The van der Waals surface area contributed by atoms with Crippen LogP contribution in [0.1, 0.15) is 31.0 Å². The molecule has 1 aromatic heterocycles. The van der Waals surface area contributed by atoms with Crippen molar-refractivity contribution in [3.63, 3.8) is 0 Å². The van der Waals surface area contributed by atoms with Crippen LogP contribution in [0.5, 0.6) is 11.5 Å². The molecule has 1 heterocycles. The molecule has 1 aromatic carbocycles. The summed E-state index contributed by atoms with van der Waals surface area (Å²) in [5.74, 6) is 7.17. The first kappa shape index (κ1) is 15.3. The highest BCUT2D eigenvalue weighted by molar-refractivity contribution is 5.45. The maximum atomic E-state index is 5.71. The van der Waals surface area contributed by atoms with Crippen LogP contribution in [0.4, 0.5) is 0 Å². The lowest BCUT2D eigenvalue weighted by atomic mass is 10.0. The SMILES string of the molecule is CCOc1ccc(C(NN)c2cccnc2)cc1OCC. The fourth-order valence-corrected chi connectivity index (χ4v) is 2.18. The highest BCUT2D eigenvalue weighted by Crippen LogP contribution is 2.32. The van der Waals surface area contributed by atoms with E-state index in [-0.39, 0.29) is 6.04 Å². The second-order valence-corrected chi connectivity index (χ2v) is 4.46. The molecule has 5 heteroatoms. The molecule has 112 valence electrons. The summed E-state index contributed by atoms with van der Waals surface area (Å²) in [6.45, 7) is 5.07. The lowest BCUT2D eigenvalue weighted by Crippen LogP contribution is -2.28. The van der Waals surface area contributed by atoms with E-state index in [0.717, 1.165) is 22.6 Å². The first-order valence-corrected chi connectivity index (χ1v) is 7.05. The molecule has 2 rings (SSSR count). The largest absolute Gasteiger partial charge is 0.490 e. The molecule has 0 spiro atoms. The third-order valence-corrected chi connectivity index (χ3v) is 3.09. The molecule has 0 amide bonds. The van der Waals surface area contributed by atoms with E-state index >= 15 is 0 Å². The summed E-state index contributed by atoms with van der Waals surface area (Å²) in [7, 11) is 0. The van der Waals surface area contributed by atoms with Crippen molar-refractivity contribution < 1.29 is 9.47 Å². The van der Waals surface area contributed by atoms with Gasteiger partial charge < -0.3 is 9.47 Å². The Hall–Kier alpha value is -2.11. The van der Waals surface area contributed by atoms with Crippen molar-refractivity contribution in [1.82, 2.24) is 10.4 Å². The van der Waals surface area contributed by atoms with Crippen molar-refractivity contribution in [2.75, 3.05) is 13.2 Å². The van der Waals surface area contributed by atoms with Gasteiger partial charge in [0.05, 0.1) is 19.3 Å². The number of nitrogens with two attached hydrogens (primary N) is 1. The number of aromatic nitrogens is 1. The second-order valence-electron chi connectivity index (χ2n) is 4.46. The molecule has 0 fully saturated rings. The van der Waals surface area contributed by atoms with E-state index in [1.54, 1.807) is 12.4 Å². The minimum Gasteiger partial charge on any atom is -0.490 e. The highest BCUT2D eigenvalue weighted by atomic mass is 16.5. The first-order valence-electron chi connectivity index (χ1n) is 7.05.